The van der Waals surface area contributed by atoms with Gasteiger partial charge in [-0.25, -0.2) is 0 Å². The molecule has 3 nitrogen and oxygen atoms in total. The Balaban J connectivity index is 0.000000208. The van der Waals surface area contributed by atoms with Gasteiger partial charge in [-0.2, -0.15) is 39.5 Å². The van der Waals surface area contributed by atoms with Crippen molar-refractivity contribution in [2.24, 2.45) is 0 Å². The molecule has 0 atom stereocenters. The zero-order valence-corrected chi connectivity index (χ0v) is 28.0. The summed E-state index contributed by atoms with van der Waals surface area (Å²) in [5.74, 6) is -4.01. The molecule has 3 aromatic heterocycles. The number of benzene rings is 3. The maximum Gasteiger partial charge on any atom is 3.00 e. The summed E-state index contributed by atoms with van der Waals surface area (Å²) >= 11 is 0. The largest absolute Gasteiger partial charge is 3.00 e. The second-order valence-electron chi connectivity index (χ2n) is 9.96. The van der Waals surface area contributed by atoms with Crippen molar-refractivity contribution in [3.8, 4) is 33.8 Å². The van der Waals surface area contributed by atoms with Crippen LogP contribution < -0.4 is 0 Å². The van der Waals surface area contributed by atoms with Gasteiger partial charge in [0.1, 0.15) is 0 Å². The molecule has 0 spiro atoms. The first-order valence-electron chi connectivity index (χ1n) is 14.0. The monoisotopic (exact) mass is 913 g/mol. The average Bonchev–Trinajstić information content (AvgIpc) is 3.09. The van der Waals surface area contributed by atoms with Crippen LogP contribution in [-0.4, -0.2) is 15.0 Å². The van der Waals surface area contributed by atoms with Crippen LogP contribution in [0.2, 0.25) is 0 Å². The van der Waals surface area contributed by atoms with Crippen LogP contribution in [-0.2, 0) is 38.6 Å². The van der Waals surface area contributed by atoms with Crippen LogP contribution in [0.25, 0.3) is 33.8 Å². The molecule has 270 valence electrons. The van der Waals surface area contributed by atoms with Crippen molar-refractivity contribution in [3.05, 3.63) is 162 Å². The van der Waals surface area contributed by atoms with Gasteiger partial charge in [0.15, 0.2) is 0 Å². The Hall–Kier alpha value is -5.08. The normalized spacial score (nSPS) is 11.3. The van der Waals surface area contributed by atoms with Gasteiger partial charge in [0.2, 0.25) is 0 Å². The second kappa shape index (κ2) is 17.4. The predicted octanol–water partition coefficient (Wildman–Crippen LogP) is 11.1. The number of hydrogen-bond acceptors (Lipinski definition) is 3. The van der Waals surface area contributed by atoms with Crippen molar-refractivity contribution in [3.63, 3.8) is 0 Å². The fourth-order valence-electron chi connectivity index (χ4n) is 4.08. The number of nitrogens with zero attached hydrogens (tertiary/aromatic N) is 3. The third-order valence-corrected chi connectivity index (χ3v) is 6.44. The van der Waals surface area contributed by atoms with Crippen LogP contribution in [0.1, 0.15) is 16.7 Å². The third kappa shape index (κ3) is 11.2. The Kier molecular flexibility index (Phi) is 13.9. The van der Waals surface area contributed by atoms with E-state index in [0.29, 0.717) is 53.5 Å². The summed E-state index contributed by atoms with van der Waals surface area (Å²) < 4.78 is 151. The number of alkyl halides is 9. The van der Waals surface area contributed by atoms with E-state index < -0.39 is 52.7 Å². The minimum absolute atomic E-state index is 0. The minimum Gasteiger partial charge on any atom is -0.305 e. The van der Waals surface area contributed by atoms with E-state index in [4.69, 9.17) is 0 Å². The first-order chi connectivity index (χ1) is 23.9. The van der Waals surface area contributed by atoms with E-state index in [1.807, 2.05) is 0 Å². The molecule has 3 aromatic carbocycles. The van der Waals surface area contributed by atoms with Crippen LogP contribution in [0.3, 0.4) is 0 Å². The van der Waals surface area contributed by atoms with Gasteiger partial charge < -0.3 is 15.0 Å². The standard InChI is InChI=1S/3C12H6F4N.Ir/c3*13-10-5-4-8(7-9(10)12(14,15)16)11-3-1-2-6-17-11;/h3*1-3,5-7H;/q3*-1;+3. The molecule has 0 fully saturated rings. The van der Waals surface area contributed by atoms with Crippen LogP contribution in [0.4, 0.5) is 52.7 Å². The molecule has 0 amide bonds. The Labute approximate surface area is 301 Å². The molecule has 0 radical (unpaired) electrons. The summed E-state index contributed by atoms with van der Waals surface area (Å²) in [5, 5.41) is 0. The van der Waals surface area contributed by atoms with Gasteiger partial charge in [0, 0.05) is 52.7 Å². The van der Waals surface area contributed by atoms with Crippen molar-refractivity contribution in [2.75, 3.05) is 0 Å². The van der Waals surface area contributed by atoms with Crippen molar-refractivity contribution in [1.29, 1.82) is 0 Å². The molecule has 52 heavy (non-hydrogen) atoms. The van der Waals surface area contributed by atoms with Gasteiger partial charge in [0.05, 0.1) is 0 Å². The number of pyridine rings is 3. The maximum atomic E-state index is 13.0. The Morgan fingerprint density at radius 1 is 0.404 bits per heavy atom. The quantitative estimate of drug-likeness (QED) is 0.131. The van der Waals surface area contributed by atoms with Crippen molar-refractivity contribution >= 4 is 0 Å². The molecule has 0 saturated heterocycles. The van der Waals surface area contributed by atoms with E-state index in [2.05, 4.69) is 33.2 Å². The van der Waals surface area contributed by atoms with Crippen molar-refractivity contribution in [1.82, 2.24) is 15.0 Å². The van der Waals surface area contributed by atoms with Gasteiger partial charge in [-0.05, 0) is 35.3 Å². The summed E-state index contributed by atoms with van der Waals surface area (Å²) in [6, 6.07) is 25.8. The van der Waals surface area contributed by atoms with Crippen LogP contribution in [0, 0.1) is 35.7 Å². The average molecular weight is 913 g/mol. The molecule has 3 heterocycles. The van der Waals surface area contributed by atoms with Crippen LogP contribution in [0.5, 0.6) is 0 Å². The third-order valence-electron chi connectivity index (χ3n) is 6.44. The molecular weight excluding hydrogens is 895 g/mol. The number of halogens is 12. The summed E-state index contributed by atoms with van der Waals surface area (Å²) in [6.45, 7) is 0. The number of aromatic nitrogens is 3. The van der Waals surface area contributed by atoms with E-state index in [1.54, 1.807) is 36.4 Å². The second-order valence-corrected chi connectivity index (χ2v) is 9.96. The van der Waals surface area contributed by atoms with Crippen molar-refractivity contribution < 1.29 is 72.8 Å². The summed E-state index contributed by atoms with van der Waals surface area (Å²) in [5.41, 5.74) is -2.64. The molecule has 0 unspecified atom stereocenters. The molecule has 6 aromatic rings. The van der Waals surface area contributed by atoms with E-state index in [1.165, 1.54) is 36.8 Å². The summed E-state index contributed by atoms with van der Waals surface area (Å²) in [4.78, 5) is 11.6. The summed E-state index contributed by atoms with van der Waals surface area (Å²) in [7, 11) is 0. The topological polar surface area (TPSA) is 38.7 Å². The first kappa shape index (κ1) is 41.3. The smallest absolute Gasteiger partial charge is 0.305 e. The van der Waals surface area contributed by atoms with E-state index in [0.717, 1.165) is 0 Å². The number of rotatable bonds is 3. The molecule has 6 rings (SSSR count). The fraction of sp³-hybridized carbons (Fsp3) is 0.0833. The van der Waals surface area contributed by atoms with Gasteiger partial charge in [-0.15, -0.1) is 71.3 Å². The van der Waals surface area contributed by atoms with E-state index >= 15 is 0 Å². The molecule has 0 bridgehead atoms. The Morgan fingerprint density at radius 2 is 0.654 bits per heavy atom. The van der Waals surface area contributed by atoms with E-state index in [-0.39, 0.29) is 36.8 Å². The number of hydrogen-bond donors (Lipinski definition) is 0. The van der Waals surface area contributed by atoms with Gasteiger partial charge in [-0.1, -0.05) is 36.4 Å². The van der Waals surface area contributed by atoms with Crippen LogP contribution >= 0.6 is 0 Å². The maximum absolute atomic E-state index is 13.0. The van der Waals surface area contributed by atoms with E-state index in [9.17, 15) is 52.7 Å². The first-order valence-corrected chi connectivity index (χ1v) is 14.0. The van der Waals surface area contributed by atoms with Gasteiger partial charge in [-0.3, -0.25) is 13.2 Å². The zero-order chi connectivity index (χ0) is 37.4. The fourth-order valence-corrected chi connectivity index (χ4v) is 4.08. The molecule has 0 aliphatic heterocycles. The molecule has 0 aliphatic rings. The molecule has 16 heteroatoms. The Morgan fingerprint density at radius 3 is 0.846 bits per heavy atom. The SMILES string of the molecule is Fc1c[c-]c(-c2ccccn2)cc1C(F)(F)F.Fc1c[c-]c(-c2ccccn2)cc1C(F)(F)F.Fc1c[c-]c(-c2ccccn2)cc1C(F)(F)F.[Ir+3]. The van der Waals surface area contributed by atoms with Crippen molar-refractivity contribution in [2.45, 2.75) is 18.5 Å². The molecule has 0 aliphatic carbocycles. The zero-order valence-electron chi connectivity index (χ0n) is 25.6. The predicted molar refractivity (Wildman–Crippen MR) is 160 cm³/mol. The Bertz CT molecular complexity index is 1800. The molecule has 0 N–H and O–H groups in total. The van der Waals surface area contributed by atoms with Crippen LogP contribution in [0.15, 0.2) is 110 Å². The van der Waals surface area contributed by atoms with Gasteiger partial charge >= 0.3 is 38.6 Å². The van der Waals surface area contributed by atoms with Gasteiger partial charge in [0.25, 0.3) is 0 Å². The molecular formula is C36H18F12IrN3. The molecule has 0 saturated carbocycles. The minimum atomic E-state index is -4.72. The summed E-state index contributed by atoms with van der Waals surface area (Å²) in [6.07, 6.45) is -9.83.